The molecular weight excluding hydrogens is 242 g/mol. The van der Waals surface area contributed by atoms with E-state index >= 15 is 0 Å². The SMILES string of the molecule is Cc1ccc(-n2nc([O-])c3ccccc3[n+]2=O)cc1. The largest absolute Gasteiger partial charge is 0.837 e. The van der Waals surface area contributed by atoms with Crippen molar-refractivity contribution in [2.45, 2.75) is 6.92 Å². The smallest absolute Gasteiger partial charge is 0.212 e. The minimum Gasteiger partial charge on any atom is -0.837 e. The van der Waals surface area contributed by atoms with Crippen molar-refractivity contribution in [1.82, 2.24) is 9.90 Å². The van der Waals surface area contributed by atoms with Crippen LogP contribution in [-0.4, -0.2) is 9.90 Å². The number of hydrogen-bond acceptors (Lipinski definition) is 3. The van der Waals surface area contributed by atoms with Gasteiger partial charge < -0.3 is 5.11 Å². The first-order chi connectivity index (χ1) is 9.16. The van der Waals surface area contributed by atoms with Crippen LogP contribution in [0.3, 0.4) is 0 Å². The number of hydrogen-bond donors (Lipinski definition) is 0. The Kier molecular flexibility index (Phi) is 2.52. The number of aromatic nitrogens is 3. The summed E-state index contributed by atoms with van der Waals surface area (Å²) in [5.41, 5.74) is 1.94. The Bertz CT molecular complexity index is 807. The Hall–Kier alpha value is -2.69. The third kappa shape index (κ3) is 1.85. The summed E-state index contributed by atoms with van der Waals surface area (Å²) >= 11 is 0. The van der Waals surface area contributed by atoms with Gasteiger partial charge in [0, 0.05) is 9.90 Å². The molecule has 3 rings (SSSR count). The first kappa shape index (κ1) is 11.4. The summed E-state index contributed by atoms with van der Waals surface area (Å²) in [6.45, 7) is 1.95. The topological polar surface area (TPSA) is 63.9 Å². The molecule has 0 fully saturated rings. The van der Waals surface area contributed by atoms with E-state index in [1.54, 1.807) is 36.4 Å². The van der Waals surface area contributed by atoms with Gasteiger partial charge in [-0.1, -0.05) is 29.8 Å². The molecule has 0 atom stereocenters. The van der Waals surface area contributed by atoms with E-state index in [4.69, 9.17) is 0 Å². The van der Waals surface area contributed by atoms with Gasteiger partial charge >= 0.3 is 0 Å². The molecule has 0 N–H and O–H groups in total. The van der Waals surface area contributed by atoms with Crippen LogP contribution in [-0.2, 0) is 0 Å². The Morgan fingerprint density at radius 2 is 1.79 bits per heavy atom. The van der Waals surface area contributed by atoms with Gasteiger partial charge in [-0.3, -0.25) is 0 Å². The number of benzene rings is 2. The first-order valence-electron chi connectivity index (χ1n) is 5.86. The minimum absolute atomic E-state index is 0.308. The predicted molar refractivity (Wildman–Crippen MR) is 68.6 cm³/mol. The zero-order chi connectivity index (χ0) is 13.4. The van der Waals surface area contributed by atoms with Gasteiger partial charge in [0.1, 0.15) is 11.6 Å². The van der Waals surface area contributed by atoms with E-state index in [1.165, 1.54) is 0 Å². The lowest BCUT2D eigenvalue weighted by molar-refractivity contribution is -0.568. The fourth-order valence-electron chi connectivity index (χ4n) is 1.94. The van der Waals surface area contributed by atoms with Crippen LogP contribution in [0, 0.1) is 11.8 Å². The van der Waals surface area contributed by atoms with Gasteiger partial charge in [0.2, 0.25) is 5.52 Å². The summed E-state index contributed by atoms with van der Waals surface area (Å²) in [6, 6.07) is 13.9. The quantitative estimate of drug-likeness (QED) is 0.614. The highest BCUT2D eigenvalue weighted by atomic mass is 16.3. The van der Waals surface area contributed by atoms with Gasteiger partial charge in [-0.15, -0.1) is 0 Å². The molecule has 0 unspecified atom stereocenters. The molecular formula is C14H11N3O2. The molecule has 1 heterocycles. The Morgan fingerprint density at radius 3 is 2.53 bits per heavy atom. The fourth-order valence-corrected chi connectivity index (χ4v) is 1.94. The van der Waals surface area contributed by atoms with Gasteiger partial charge in [0.05, 0.1) is 9.93 Å². The molecule has 0 saturated heterocycles. The molecule has 94 valence electrons. The molecule has 0 bridgehead atoms. The molecule has 2 aromatic carbocycles. The highest BCUT2D eigenvalue weighted by Crippen LogP contribution is 2.16. The van der Waals surface area contributed by atoms with Crippen LogP contribution in [0.5, 0.6) is 5.88 Å². The third-order valence-electron chi connectivity index (χ3n) is 2.96. The van der Waals surface area contributed by atoms with E-state index in [0.717, 1.165) is 10.4 Å². The summed E-state index contributed by atoms with van der Waals surface area (Å²) in [6.07, 6.45) is 0. The molecule has 0 amide bonds. The van der Waals surface area contributed by atoms with Crippen LogP contribution in [0.25, 0.3) is 16.6 Å². The molecule has 0 spiro atoms. The molecule has 0 saturated carbocycles. The van der Waals surface area contributed by atoms with Crippen LogP contribution in [0.2, 0.25) is 0 Å². The number of para-hydroxylation sites is 1. The number of rotatable bonds is 1. The second kappa shape index (κ2) is 4.20. The maximum atomic E-state index is 12.2. The lowest BCUT2D eigenvalue weighted by Crippen LogP contribution is -2.33. The molecule has 0 aliphatic rings. The summed E-state index contributed by atoms with van der Waals surface area (Å²) in [4.78, 5) is 13.3. The van der Waals surface area contributed by atoms with Crippen molar-refractivity contribution < 1.29 is 9.65 Å². The van der Waals surface area contributed by atoms with E-state index in [2.05, 4.69) is 5.10 Å². The second-order valence-corrected chi connectivity index (χ2v) is 4.32. The molecule has 1 aromatic heterocycles. The van der Waals surface area contributed by atoms with E-state index in [0.29, 0.717) is 21.1 Å². The van der Waals surface area contributed by atoms with Crippen LogP contribution >= 0.6 is 0 Å². The van der Waals surface area contributed by atoms with Crippen LogP contribution in [0.1, 0.15) is 5.56 Å². The van der Waals surface area contributed by atoms with Gasteiger partial charge in [-0.2, -0.15) is 0 Å². The van der Waals surface area contributed by atoms with Crippen molar-refractivity contribution >= 4 is 10.9 Å². The molecule has 0 aliphatic carbocycles. The van der Waals surface area contributed by atoms with Gasteiger partial charge in [0.15, 0.2) is 0 Å². The summed E-state index contributed by atoms with van der Waals surface area (Å²) < 4.78 is 0.626. The Labute approximate surface area is 108 Å². The Balaban J connectivity index is 2.34. The summed E-state index contributed by atoms with van der Waals surface area (Å²) in [7, 11) is 0. The maximum absolute atomic E-state index is 12.2. The van der Waals surface area contributed by atoms with Gasteiger partial charge in [-0.25, -0.2) is 0 Å². The monoisotopic (exact) mass is 253 g/mol. The second-order valence-electron chi connectivity index (χ2n) is 4.32. The maximum Gasteiger partial charge on any atom is 0.212 e. The van der Waals surface area contributed by atoms with Crippen LogP contribution < -0.4 is 9.65 Å². The lowest BCUT2D eigenvalue weighted by Gasteiger charge is -2.04. The van der Waals surface area contributed by atoms with Gasteiger partial charge in [0.25, 0.3) is 0 Å². The van der Waals surface area contributed by atoms with Crippen LogP contribution in [0.4, 0.5) is 0 Å². The van der Waals surface area contributed by atoms with Crippen LogP contribution in [0.15, 0.2) is 48.5 Å². The van der Waals surface area contributed by atoms with E-state index in [9.17, 15) is 10.0 Å². The van der Waals surface area contributed by atoms with Crippen molar-refractivity contribution in [1.29, 1.82) is 0 Å². The average Bonchev–Trinajstić information content (AvgIpc) is 2.44. The fraction of sp³-hybridized carbons (Fsp3) is 0.0714. The Morgan fingerprint density at radius 1 is 1.11 bits per heavy atom. The normalized spacial score (nSPS) is 10.8. The molecule has 0 aliphatic heterocycles. The molecule has 3 aromatic rings. The molecule has 5 nitrogen and oxygen atoms in total. The zero-order valence-corrected chi connectivity index (χ0v) is 10.3. The van der Waals surface area contributed by atoms with Crippen molar-refractivity contribution in [2.75, 3.05) is 0 Å². The van der Waals surface area contributed by atoms with Crippen molar-refractivity contribution in [3.05, 3.63) is 59.0 Å². The third-order valence-corrected chi connectivity index (χ3v) is 2.96. The molecule has 0 radical (unpaired) electrons. The van der Waals surface area contributed by atoms with Gasteiger partial charge in [-0.05, 0) is 36.1 Å². The summed E-state index contributed by atoms with van der Waals surface area (Å²) in [5.74, 6) is -0.414. The zero-order valence-electron chi connectivity index (χ0n) is 10.3. The van der Waals surface area contributed by atoms with Crippen molar-refractivity contribution in [2.24, 2.45) is 0 Å². The number of aryl methyl sites for hydroxylation is 1. The lowest BCUT2D eigenvalue weighted by atomic mass is 10.2. The number of nitrogens with zero attached hydrogens (tertiary/aromatic N) is 3. The highest BCUT2D eigenvalue weighted by molar-refractivity contribution is 5.79. The standard InChI is InChI=1S/C14H11N3O2/c1-10-6-8-11(9-7-10)16-15-14(18)12-4-2-3-5-13(12)17(16)19/h2-9H,1H3. The van der Waals surface area contributed by atoms with E-state index in [1.807, 2.05) is 19.1 Å². The number of fused-ring (bicyclic) bond motifs is 1. The molecule has 19 heavy (non-hydrogen) atoms. The highest BCUT2D eigenvalue weighted by Gasteiger charge is 2.14. The van der Waals surface area contributed by atoms with E-state index < -0.39 is 5.88 Å². The minimum atomic E-state index is -0.414. The predicted octanol–water partition coefficient (Wildman–Crippen LogP) is 1.32. The molecule has 5 heteroatoms. The summed E-state index contributed by atoms with van der Waals surface area (Å²) in [5, 5.41) is 16.0. The average molecular weight is 253 g/mol. The van der Waals surface area contributed by atoms with Crippen molar-refractivity contribution in [3.8, 4) is 11.6 Å². The van der Waals surface area contributed by atoms with E-state index in [-0.39, 0.29) is 0 Å². The first-order valence-corrected chi connectivity index (χ1v) is 5.86. The van der Waals surface area contributed by atoms with Crippen molar-refractivity contribution in [3.63, 3.8) is 0 Å².